The van der Waals surface area contributed by atoms with Gasteiger partial charge in [0.25, 0.3) is 0 Å². The molecule has 6 atom stereocenters. The Morgan fingerprint density at radius 1 is 1.13 bits per heavy atom. The fourth-order valence-corrected chi connectivity index (χ4v) is 8.70. The number of rotatable bonds is 1. The first kappa shape index (κ1) is 16.8. The number of carbonyl (C=O) groups excluding carboxylic acids is 1. The molecule has 0 aromatic rings. The first-order chi connectivity index (χ1) is 10.7. The average Bonchev–Trinajstić information content (AvgIpc) is 2.70. The van der Waals surface area contributed by atoms with Crippen LogP contribution in [0, 0.1) is 34.0 Å². The Hall–Kier alpha value is 0.360. The lowest BCUT2D eigenvalue weighted by Gasteiger charge is -2.63. The molecule has 0 aliphatic heterocycles. The number of aliphatic hydroxyl groups is 1. The van der Waals surface area contributed by atoms with E-state index in [1.165, 1.54) is 32.1 Å². The van der Waals surface area contributed by atoms with Gasteiger partial charge in [-0.1, -0.05) is 43.4 Å². The summed E-state index contributed by atoms with van der Waals surface area (Å²) in [5, 5.41) is 11.2. The van der Waals surface area contributed by atoms with E-state index in [-0.39, 0.29) is 5.41 Å². The molecule has 2 nitrogen and oxygen atoms in total. The molecule has 0 amide bonds. The molecule has 4 fully saturated rings. The molecule has 4 aliphatic carbocycles. The van der Waals surface area contributed by atoms with Crippen molar-refractivity contribution in [2.75, 3.05) is 4.43 Å². The molecule has 130 valence electrons. The predicted octanol–water partition coefficient (Wildman–Crippen LogP) is 4.76. The van der Waals surface area contributed by atoms with Crippen LogP contribution in [0.25, 0.3) is 0 Å². The van der Waals surface area contributed by atoms with Crippen molar-refractivity contribution in [1.82, 2.24) is 0 Å². The van der Waals surface area contributed by atoms with Gasteiger partial charge in [0.2, 0.25) is 0 Å². The van der Waals surface area contributed by atoms with E-state index >= 15 is 0 Å². The SMILES string of the molecule is CC1(C)C(=O)CC[C@@]2(C)[C@H]1CC[C@@]13C[C@@H](CC[C@@H]12)[C@@](O)(CI)C3. The Labute approximate surface area is 154 Å². The zero-order valence-electron chi connectivity index (χ0n) is 14.8. The summed E-state index contributed by atoms with van der Waals surface area (Å²) in [6.07, 6.45) is 9.03. The number of hydrogen-bond acceptors (Lipinski definition) is 2. The first-order valence-electron chi connectivity index (χ1n) is 9.50. The zero-order valence-corrected chi connectivity index (χ0v) is 17.0. The molecule has 1 N–H and O–H groups in total. The summed E-state index contributed by atoms with van der Waals surface area (Å²) in [6.45, 7) is 6.91. The van der Waals surface area contributed by atoms with Crippen LogP contribution in [0.1, 0.15) is 72.1 Å². The molecule has 4 rings (SSSR count). The highest BCUT2D eigenvalue weighted by molar-refractivity contribution is 14.1. The van der Waals surface area contributed by atoms with Gasteiger partial charge in [-0.25, -0.2) is 0 Å². The van der Waals surface area contributed by atoms with Gasteiger partial charge in [-0.3, -0.25) is 4.79 Å². The molecule has 0 radical (unpaired) electrons. The lowest BCUT2D eigenvalue weighted by atomic mass is 9.41. The summed E-state index contributed by atoms with van der Waals surface area (Å²) in [5.74, 6) is 2.26. The Morgan fingerprint density at radius 3 is 2.57 bits per heavy atom. The van der Waals surface area contributed by atoms with Crippen LogP contribution in [-0.2, 0) is 4.79 Å². The van der Waals surface area contributed by atoms with Gasteiger partial charge < -0.3 is 5.11 Å². The van der Waals surface area contributed by atoms with Crippen LogP contribution in [0.3, 0.4) is 0 Å². The van der Waals surface area contributed by atoms with Crippen molar-refractivity contribution in [2.45, 2.75) is 77.7 Å². The van der Waals surface area contributed by atoms with Crippen molar-refractivity contribution in [3.05, 3.63) is 0 Å². The standard InChI is InChI=1S/C20H31IO2/c1-17(2)14-6-9-19-10-13(20(23,11-19)12-21)4-5-15(19)18(14,3)8-7-16(17)22/h13-15,23H,4-12H2,1-3H3/t13-,14+,15-,18+,19+,20+/m1/s1. The molecule has 0 aromatic carbocycles. The van der Waals surface area contributed by atoms with E-state index in [4.69, 9.17) is 0 Å². The van der Waals surface area contributed by atoms with E-state index < -0.39 is 5.60 Å². The van der Waals surface area contributed by atoms with E-state index in [9.17, 15) is 9.90 Å². The van der Waals surface area contributed by atoms with Gasteiger partial charge in [0.15, 0.2) is 0 Å². The molecular formula is C20H31IO2. The maximum absolute atomic E-state index is 12.5. The monoisotopic (exact) mass is 430 g/mol. The van der Waals surface area contributed by atoms with Crippen molar-refractivity contribution >= 4 is 28.4 Å². The second-order valence-corrected chi connectivity index (χ2v) is 10.8. The van der Waals surface area contributed by atoms with Gasteiger partial charge in [0.1, 0.15) is 5.78 Å². The number of fused-ring (bicyclic) bond motifs is 3. The van der Waals surface area contributed by atoms with Gasteiger partial charge in [-0.15, -0.1) is 0 Å². The molecule has 4 saturated carbocycles. The maximum Gasteiger partial charge on any atom is 0.138 e. The fourth-order valence-electron chi connectivity index (χ4n) is 7.80. The first-order valence-corrected chi connectivity index (χ1v) is 11.0. The van der Waals surface area contributed by atoms with E-state index in [1.807, 2.05) is 0 Å². The van der Waals surface area contributed by atoms with Crippen molar-refractivity contribution < 1.29 is 9.90 Å². The highest BCUT2D eigenvalue weighted by atomic mass is 127. The number of ketones is 1. The Balaban J connectivity index is 1.73. The smallest absolute Gasteiger partial charge is 0.138 e. The van der Waals surface area contributed by atoms with E-state index in [2.05, 4.69) is 43.4 Å². The average molecular weight is 430 g/mol. The topological polar surface area (TPSA) is 37.3 Å². The van der Waals surface area contributed by atoms with Gasteiger partial charge in [0.05, 0.1) is 5.60 Å². The van der Waals surface area contributed by atoms with Crippen molar-refractivity contribution in [3.63, 3.8) is 0 Å². The van der Waals surface area contributed by atoms with Gasteiger partial charge in [0, 0.05) is 16.3 Å². The minimum absolute atomic E-state index is 0.149. The van der Waals surface area contributed by atoms with Crippen molar-refractivity contribution in [3.8, 4) is 0 Å². The summed E-state index contributed by atoms with van der Waals surface area (Å²) in [6, 6.07) is 0. The summed E-state index contributed by atoms with van der Waals surface area (Å²) < 4.78 is 0.883. The quantitative estimate of drug-likeness (QED) is 0.481. The Bertz CT molecular complexity index is 544. The van der Waals surface area contributed by atoms with Gasteiger partial charge in [-0.05, 0) is 73.5 Å². The third-order valence-corrected chi connectivity index (χ3v) is 10.2. The summed E-state index contributed by atoms with van der Waals surface area (Å²) >= 11 is 2.40. The molecule has 4 aliphatic rings. The molecule has 0 unspecified atom stereocenters. The summed E-state index contributed by atoms with van der Waals surface area (Å²) in [7, 11) is 0. The summed E-state index contributed by atoms with van der Waals surface area (Å²) in [5.41, 5.74) is 0.101. The molecule has 1 spiro atoms. The zero-order chi connectivity index (χ0) is 16.7. The molecule has 0 saturated heterocycles. The van der Waals surface area contributed by atoms with Crippen LogP contribution in [0.15, 0.2) is 0 Å². The Morgan fingerprint density at radius 2 is 1.87 bits per heavy atom. The predicted molar refractivity (Wildman–Crippen MR) is 101 cm³/mol. The number of Topliss-reactive ketones (excluding diaryl/α,β-unsaturated/α-hetero) is 1. The Kier molecular flexibility index (Phi) is 3.62. The van der Waals surface area contributed by atoms with Gasteiger partial charge >= 0.3 is 0 Å². The highest BCUT2D eigenvalue weighted by Gasteiger charge is 2.67. The number of hydrogen-bond donors (Lipinski definition) is 1. The van der Waals surface area contributed by atoms with Crippen LogP contribution in [0.4, 0.5) is 0 Å². The third kappa shape index (κ3) is 2.04. The van der Waals surface area contributed by atoms with E-state index in [0.29, 0.717) is 34.4 Å². The minimum atomic E-state index is -0.418. The fraction of sp³-hybridized carbons (Fsp3) is 0.950. The van der Waals surface area contributed by atoms with Crippen LogP contribution >= 0.6 is 22.6 Å². The van der Waals surface area contributed by atoms with Crippen LogP contribution in [0.2, 0.25) is 0 Å². The van der Waals surface area contributed by atoms with E-state index in [1.54, 1.807) is 0 Å². The van der Waals surface area contributed by atoms with Crippen molar-refractivity contribution in [2.24, 2.45) is 34.0 Å². The molecule has 0 aromatic heterocycles. The summed E-state index contributed by atoms with van der Waals surface area (Å²) in [4.78, 5) is 12.5. The second kappa shape index (κ2) is 4.96. The van der Waals surface area contributed by atoms with Crippen LogP contribution in [0.5, 0.6) is 0 Å². The van der Waals surface area contributed by atoms with E-state index in [0.717, 1.165) is 23.7 Å². The molecule has 23 heavy (non-hydrogen) atoms. The molecule has 0 heterocycles. The van der Waals surface area contributed by atoms with Crippen LogP contribution in [-0.4, -0.2) is 20.9 Å². The lowest BCUT2D eigenvalue weighted by molar-refractivity contribution is -0.165. The number of carbonyl (C=O) groups is 1. The highest BCUT2D eigenvalue weighted by Crippen LogP contribution is 2.72. The lowest BCUT2D eigenvalue weighted by Crippen LogP contribution is -2.58. The number of halogens is 1. The molecule has 3 heteroatoms. The minimum Gasteiger partial charge on any atom is -0.389 e. The number of alkyl halides is 1. The maximum atomic E-state index is 12.5. The van der Waals surface area contributed by atoms with Gasteiger partial charge in [-0.2, -0.15) is 0 Å². The second-order valence-electron chi connectivity index (χ2n) is 10.0. The molecular weight excluding hydrogens is 399 g/mol. The van der Waals surface area contributed by atoms with Crippen molar-refractivity contribution in [1.29, 1.82) is 0 Å². The van der Waals surface area contributed by atoms with Crippen LogP contribution < -0.4 is 0 Å². The largest absolute Gasteiger partial charge is 0.389 e. The normalized spacial score (nSPS) is 54.5. The molecule has 2 bridgehead atoms. The third-order valence-electron chi connectivity index (χ3n) is 8.85.